The number of benzene rings is 1. The third-order valence-electron chi connectivity index (χ3n) is 3.63. The zero-order valence-electron chi connectivity index (χ0n) is 9.56. The lowest BCUT2D eigenvalue weighted by atomic mass is 9.90. The molecule has 0 saturated carbocycles. The molecule has 1 aromatic carbocycles. The van der Waals surface area contributed by atoms with E-state index >= 15 is 0 Å². The SMILES string of the molecule is N[C@H]1CC(C2CCOC2)Oc2cc(F)ccc21. The third kappa shape index (κ3) is 2.03. The van der Waals surface area contributed by atoms with Crippen LogP contribution in [0.3, 0.4) is 0 Å². The summed E-state index contributed by atoms with van der Waals surface area (Å²) in [5, 5.41) is 0. The van der Waals surface area contributed by atoms with Crippen LogP contribution in [0.4, 0.5) is 4.39 Å². The number of hydrogen-bond donors (Lipinski definition) is 1. The van der Waals surface area contributed by atoms with Crippen molar-refractivity contribution in [1.82, 2.24) is 0 Å². The van der Waals surface area contributed by atoms with Crippen molar-refractivity contribution in [2.75, 3.05) is 13.2 Å². The van der Waals surface area contributed by atoms with E-state index in [1.54, 1.807) is 6.07 Å². The van der Waals surface area contributed by atoms with E-state index in [1.807, 2.05) is 0 Å². The van der Waals surface area contributed by atoms with E-state index in [1.165, 1.54) is 12.1 Å². The van der Waals surface area contributed by atoms with Crippen LogP contribution in [0.2, 0.25) is 0 Å². The number of ether oxygens (including phenoxy) is 2. The van der Waals surface area contributed by atoms with Crippen molar-refractivity contribution in [2.45, 2.75) is 25.0 Å². The van der Waals surface area contributed by atoms with E-state index in [0.29, 0.717) is 11.7 Å². The number of fused-ring (bicyclic) bond motifs is 1. The molecule has 4 heteroatoms. The predicted octanol–water partition coefficient (Wildman–Crippen LogP) is 2.01. The van der Waals surface area contributed by atoms with Crippen molar-refractivity contribution in [2.24, 2.45) is 11.7 Å². The molecule has 2 aliphatic rings. The minimum atomic E-state index is -0.278. The van der Waals surface area contributed by atoms with Gasteiger partial charge < -0.3 is 15.2 Å². The molecule has 0 amide bonds. The molecule has 2 aliphatic heterocycles. The van der Waals surface area contributed by atoms with E-state index in [-0.39, 0.29) is 18.0 Å². The Morgan fingerprint density at radius 2 is 2.24 bits per heavy atom. The van der Waals surface area contributed by atoms with E-state index < -0.39 is 0 Å². The zero-order valence-corrected chi connectivity index (χ0v) is 9.56. The van der Waals surface area contributed by atoms with Crippen LogP contribution in [0.25, 0.3) is 0 Å². The van der Waals surface area contributed by atoms with E-state index in [9.17, 15) is 4.39 Å². The Bertz CT molecular complexity index is 418. The summed E-state index contributed by atoms with van der Waals surface area (Å²) in [4.78, 5) is 0. The van der Waals surface area contributed by atoms with Gasteiger partial charge in [0, 0.05) is 36.6 Å². The normalized spacial score (nSPS) is 32.0. The van der Waals surface area contributed by atoms with Crippen LogP contribution < -0.4 is 10.5 Å². The van der Waals surface area contributed by atoms with Gasteiger partial charge in [-0.3, -0.25) is 0 Å². The summed E-state index contributed by atoms with van der Waals surface area (Å²) in [6.45, 7) is 1.51. The maximum Gasteiger partial charge on any atom is 0.127 e. The van der Waals surface area contributed by atoms with E-state index in [2.05, 4.69) is 0 Å². The molecule has 2 N–H and O–H groups in total. The Hall–Kier alpha value is -1.13. The maximum atomic E-state index is 13.2. The second-order valence-electron chi connectivity index (χ2n) is 4.80. The first-order valence-corrected chi connectivity index (χ1v) is 6.03. The van der Waals surface area contributed by atoms with Crippen LogP contribution in [0.5, 0.6) is 5.75 Å². The smallest absolute Gasteiger partial charge is 0.127 e. The standard InChI is InChI=1S/C13H16FNO2/c14-9-1-2-10-11(15)6-12(17-13(10)5-9)8-3-4-16-7-8/h1-2,5,8,11-12H,3-4,6-7,15H2/t8?,11-,12?/m0/s1. The monoisotopic (exact) mass is 237 g/mol. The molecule has 0 spiro atoms. The van der Waals surface area contributed by atoms with Crippen molar-refractivity contribution in [3.05, 3.63) is 29.6 Å². The summed E-state index contributed by atoms with van der Waals surface area (Å²) in [7, 11) is 0. The highest BCUT2D eigenvalue weighted by atomic mass is 19.1. The number of nitrogens with two attached hydrogens (primary N) is 1. The second kappa shape index (κ2) is 4.27. The molecule has 0 aliphatic carbocycles. The van der Waals surface area contributed by atoms with Gasteiger partial charge in [-0.25, -0.2) is 4.39 Å². The molecule has 1 saturated heterocycles. The molecule has 1 aromatic rings. The molecule has 3 atom stereocenters. The Morgan fingerprint density at radius 3 is 3.00 bits per heavy atom. The second-order valence-corrected chi connectivity index (χ2v) is 4.80. The van der Waals surface area contributed by atoms with Crippen LogP contribution in [0.15, 0.2) is 18.2 Å². The van der Waals surface area contributed by atoms with Gasteiger partial charge in [0.2, 0.25) is 0 Å². The topological polar surface area (TPSA) is 44.5 Å². The van der Waals surface area contributed by atoms with Crippen LogP contribution >= 0.6 is 0 Å². The maximum absolute atomic E-state index is 13.2. The molecule has 0 bridgehead atoms. The highest BCUT2D eigenvalue weighted by Gasteiger charge is 2.33. The molecule has 3 rings (SSSR count). The highest BCUT2D eigenvalue weighted by molar-refractivity contribution is 5.38. The van der Waals surface area contributed by atoms with Gasteiger partial charge in [0.15, 0.2) is 0 Å². The molecule has 1 fully saturated rings. The summed E-state index contributed by atoms with van der Waals surface area (Å²) in [5.41, 5.74) is 7.02. The largest absolute Gasteiger partial charge is 0.490 e. The molecule has 17 heavy (non-hydrogen) atoms. The van der Waals surface area contributed by atoms with Crippen LogP contribution in [-0.4, -0.2) is 19.3 Å². The summed E-state index contributed by atoms with van der Waals surface area (Å²) in [6.07, 6.45) is 1.84. The Labute approximate surface area is 99.7 Å². The quantitative estimate of drug-likeness (QED) is 0.812. The van der Waals surface area contributed by atoms with Gasteiger partial charge in [0.05, 0.1) is 6.61 Å². The van der Waals surface area contributed by atoms with Crippen molar-refractivity contribution >= 4 is 0 Å². The van der Waals surface area contributed by atoms with Crippen LogP contribution in [0.1, 0.15) is 24.4 Å². The van der Waals surface area contributed by atoms with Gasteiger partial charge in [0.25, 0.3) is 0 Å². The molecule has 0 radical (unpaired) electrons. The lowest BCUT2D eigenvalue weighted by Crippen LogP contribution is -2.35. The van der Waals surface area contributed by atoms with Gasteiger partial charge in [-0.1, -0.05) is 6.07 Å². The first-order valence-electron chi connectivity index (χ1n) is 6.03. The van der Waals surface area contributed by atoms with E-state index in [4.69, 9.17) is 15.2 Å². The summed E-state index contributed by atoms with van der Waals surface area (Å²) >= 11 is 0. The van der Waals surface area contributed by atoms with Crippen molar-refractivity contribution < 1.29 is 13.9 Å². The molecule has 92 valence electrons. The summed E-state index contributed by atoms with van der Waals surface area (Å²) in [5.74, 6) is 0.706. The summed E-state index contributed by atoms with van der Waals surface area (Å²) in [6, 6.07) is 4.51. The fourth-order valence-corrected chi connectivity index (χ4v) is 2.64. The first kappa shape index (κ1) is 11.0. The van der Waals surface area contributed by atoms with Gasteiger partial charge in [-0.15, -0.1) is 0 Å². The van der Waals surface area contributed by atoms with Crippen molar-refractivity contribution in [3.8, 4) is 5.75 Å². The van der Waals surface area contributed by atoms with Gasteiger partial charge in [0.1, 0.15) is 17.7 Å². The Morgan fingerprint density at radius 1 is 1.35 bits per heavy atom. The molecular weight excluding hydrogens is 221 g/mol. The Kier molecular flexibility index (Phi) is 2.76. The minimum absolute atomic E-state index is 0.0572. The zero-order chi connectivity index (χ0) is 11.8. The minimum Gasteiger partial charge on any atom is -0.490 e. The fraction of sp³-hybridized carbons (Fsp3) is 0.538. The molecule has 2 heterocycles. The number of hydrogen-bond acceptors (Lipinski definition) is 3. The van der Waals surface area contributed by atoms with E-state index in [0.717, 1.165) is 31.6 Å². The van der Waals surface area contributed by atoms with Crippen molar-refractivity contribution in [1.29, 1.82) is 0 Å². The third-order valence-corrected chi connectivity index (χ3v) is 3.63. The van der Waals surface area contributed by atoms with Gasteiger partial charge in [-0.2, -0.15) is 0 Å². The van der Waals surface area contributed by atoms with Gasteiger partial charge in [-0.05, 0) is 12.5 Å². The highest BCUT2D eigenvalue weighted by Crippen LogP contribution is 2.37. The van der Waals surface area contributed by atoms with Crippen LogP contribution in [0, 0.1) is 11.7 Å². The van der Waals surface area contributed by atoms with Crippen LogP contribution in [-0.2, 0) is 4.74 Å². The van der Waals surface area contributed by atoms with Gasteiger partial charge >= 0.3 is 0 Å². The van der Waals surface area contributed by atoms with Crippen molar-refractivity contribution in [3.63, 3.8) is 0 Å². The lowest BCUT2D eigenvalue weighted by Gasteiger charge is -2.33. The first-order chi connectivity index (χ1) is 8.24. The Balaban J connectivity index is 1.85. The summed E-state index contributed by atoms with van der Waals surface area (Å²) < 4.78 is 24.4. The number of rotatable bonds is 1. The average Bonchev–Trinajstić information content (AvgIpc) is 2.81. The number of halogens is 1. The average molecular weight is 237 g/mol. The molecule has 0 aromatic heterocycles. The molecule has 2 unspecified atom stereocenters. The predicted molar refractivity (Wildman–Crippen MR) is 61.3 cm³/mol. The lowest BCUT2D eigenvalue weighted by molar-refractivity contribution is 0.0851. The fourth-order valence-electron chi connectivity index (χ4n) is 2.64. The molecule has 3 nitrogen and oxygen atoms in total. The molecular formula is C13H16FNO2.